The molecule has 0 aromatic carbocycles. The van der Waals surface area contributed by atoms with Crippen LogP contribution < -0.4 is 0 Å². The van der Waals surface area contributed by atoms with Crippen molar-refractivity contribution >= 4 is 11.3 Å². The molecule has 1 fully saturated rings. The highest BCUT2D eigenvalue weighted by atomic mass is 32.1. The molecule has 0 amide bonds. The van der Waals surface area contributed by atoms with Crippen molar-refractivity contribution in [2.24, 2.45) is 0 Å². The van der Waals surface area contributed by atoms with Gasteiger partial charge in [-0.2, -0.15) is 0 Å². The van der Waals surface area contributed by atoms with Crippen LogP contribution in [0.1, 0.15) is 35.4 Å². The molecular weight excluding hydrogens is 266 g/mol. The van der Waals surface area contributed by atoms with Crippen LogP contribution in [0.3, 0.4) is 0 Å². The molecule has 0 saturated carbocycles. The number of hydrogen-bond donors (Lipinski definition) is 0. The zero-order chi connectivity index (χ0) is 13.8. The van der Waals surface area contributed by atoms with Gasteiger partial charge in [-0.25, -0.2) is 0 Å². The molecule has 4 heteroatoms. The predicted octanol–water partition coefficient (Wildman–Crippen LogP) is 3.44. The van der Waals surface area contributed by atoms with Crippen molar-refractivity contribution < 1.29 is 0 Å². The molecule has 0 radical (unpaired) electrons. The van der Waals surface area contributed by atoms with Crippen LogP contribution in [-0.2, 0) is 13.0 Å². The van der Waals surface area contributed by atoms with Crippen molar-refractivity contribution in [2.75, 3.05) is 6.54 Å². The fraction of sp³-hybridized carbons (Fsp3) is 0.500. The summed E-state index contributed by atoms with van der Waals surface area (Å²) in [6.07, 6.45) is 9.01. The number of rotatable bonds is 5. The lowest BCUT2D eigenvalue weighted by Gasteiger charge is -2.23. The molecule has 3 nitrogen and oxygen atoms in total. The molecule has 0 aliphatic carbocycles. The molecule has 0 spiro atoms. The zero-order valence-corrected chi connectivity index (χ0v) is 12.8. The van der Waals surface area contributed by atoms with E-state index in [1.54, 1.807) is 11.3 Å². The third-order valence-electron chi connectivity index (χ3n) is 4.07. The van der Waals surface area contributed by atoms with Gasteiger partial charge in [0.25, 0.3) is 0 Å². The molecule has 106 valence electrons. The van der Waals surface area contributed by atoms with Crippen molar-refractivity contribution in [3.05, 3.63) is 46.2 Å². The Labute approximate surface area is 124 Å². The lowest BCUT2D eigenvalue weighted by Crippen LogP contribution is -2.29. The Bertz CT molecular complexity index is 538. The van der Waals surface area contributed by atoms with Gasteiger partial charge in [-0.15, -0.1) is 11.3 Å². The minimum absolute atomic E-state index is 0.727. The van der Waals surface area contributed by atoms with E-state index in [0.717, 1.165) is 24.7 Å². The van der Waals surface area contributed by atoms with Crippen LogP contribution >= 0.6 is 11.3 Å². The molecule has 1 atom stereocenters. The molecule has 1 unspecified atom stereocenters. The zero-order valence-electron chi connectivity index (χ0n) is 12.0. The maximum atomic E-state index is 4.27. The highest BCUT2D eigenvalue weighted by molar-refractivity contribution is 7.09. The summed E-state index contributed by atoms with van der Waals surface area (Å²) in [5, 5.41) is 0. The number of aryl methyl sites for hydroxylation is 2. The highest BCUT2D eigenvalue weighted by Crippen LogP contribution is 2.24. The van der Waals surface area contributed by atoms with Gasteiger partial charge in [-0.1, -0.05) is 0 Å². The van der Waals surface area contributed by atoms with Crippen LogP contribution in [0.4, 0.5) is 0 Å². The minimum atomic E-state index is 0.727. The van der Waals surface area contributed by atoms with Crippen molar-refractivity contribution in [1.29, 1.82) is 0 Å². The Morgan fingerprint density at radius 2 is 2.40 bits per heavy atom. The molecule has 2 aromatic rings. The Morgan fingerprint density at radius 3 is 3.20 bits per heavy atom. The summed E-state index contributed by atoms with van der Waals surface area (Å²) in [6.45, 7) is 4.37. The molecule has 3 heterocycles. The van der Waals surface area contributed by atoms with Crippen LogP contribution in [-0.4, -0.2) is 27.5 Å². The van der Waals surface area contributed by atoms with Gasteiger partial charge in [0.2, 0.25) is 0 Å². The molecular formula is C16H21N3S. The summed E-state index contributed by atoms with van der Waals surface area (Å²) in [7, 11) is 0. The Balaban J connectivity index is 1.56. The fourth-order valence-corrected chi connectivity index (χ4v) is 3.66. The van der Waals surface area contributed by atoms with Gasteiger partial charge in [-0.3, -0.25) is 14.9 Å². The first-order valence-corrected chi connectivity index (χ1v) is 8.22. The first-order valence-electron chi connectivity index (χ1n) is 7.34. The van der Waals surface area contributed by atoms with E-state index in [1.165, 1.54) is 36.2 Å². The van der Waals surface area contributed by atoms with E-state index in [1.807, 2.05) is 17.9 Å². The maximum absolute atomic E-state index is 4.27. The summed E-state index contributed by atoms with van der Waals surface area (Å²) >= 11 is 1.77. The molecule has 2 aromatic heterocycles. The van der Waals surface area contributed by atoms with Gasteiger partial charge in [-0.05, 0) is 56.8 Å². The van der Waals surface area contributed by atoms with Crippen LogP contribution in [0.5, 0.6) is 0 Å². The summed E-state index contributed by atoms with van der Waals surface area (Å²) in [5.74, 6) is 0. The first-order chi connectivity index (χ1) is 9.81. The standard InChI is InChI=1S/C16H21N3S/c1-13-9-14(6-7-18-13)4-5-15-3-2-8-19(15)11-16-10-17-12-20-16/h6-7,9-10,12,15H,2-5,8,11H2,1H3. The normalized spacial score (nSPS) is 19.6. The van der Waals surface area contributed by atoms with Crippen molar-refractivity contribution in [1.82, 2.24) is 14.9 Å². The second kappa shape index (κ2) is 6.46. The average molecular weight is 287 g/mol. The van der Waals surface area contributed by atoms with Crippen LogP contribution in [0, 0.1) is 6.92 Å². The van der Waals surface area contributed by atoms with E-state index >= 15 is 0 Å². The first kappa shape index (κ1) is 13.7. The third kappa shape index (κ3) is 3.44. The number of thiazole rings is 1. The largest absolute Gasteiger partial charge is 0.295 e. The van der Waals surface area contributed by atoms with E-state index < -0.39 is 0 Å². The molecule has 1 aliphatic rings. The van der Waals surface area contributed by atoms with E-state index in [9.17, 15) is 0 Å². The van der Waals surface area contributed by atoms with E-state index in [4.69, 9.17) is 0 Å². The molecule has 0 N–H and O–H groups in total. The smallest absolute Gasteiger partial charge is 0.0794 e. The number of aromatic nitrogens is 2. The van der Waals surface area contributed by atoms with E-state index in [-0.39, 0.29) is 0 Å². The Kier molecular flexibility index (Phi) is 4.43. The van der Waals surface area contributed by atoms with Crippen LogP contribution in [0.2, 0.25) is 0 Å². The maximum Gasteiger partial charge on any atom is 0.0794 e. The van der Waals surface area contributed by atoms with Crippen LogP contribution in [0.25, 0.3) is 0 Å². The topological polar surface area (TPSA) is 29.0 Å². The van der Waals surface area contributed by atoms with Gasteiger partial charge < -0.3 is 0 Å². The van der Waals surface area contributed by atoms with Gasteiger partial charge in [0.05, 0.1) is 5.51 Å². The van der Waals surface area contributed by atoms with Crippen molar-refractivity contribution in [3.63, 3.8) is 0 Å². The SMILES string of the molecule is Cc1cc(CCC2CCCN2Cc2cncs2)ccn1. The van der Waals surface area contributed by atoms with E-state index in [0.29, 0.717) is 0 Å². The van der Waals surface area contributed by atoms with Crippen molar-refractivity contribution in [3.8, 4) is 0 Å². The van der Waals surface area contributed by atoms with Crippen molar-refractivity contribution in [2.45, 2.75) is 45.2 Å². The minimum Gasteiger partial charge on any atom is -0.295 e. The summed E-state index contributed by atoms with van der Waals surface area (Å²) in [6, 6.07) is 5.09. The lowest BCUT2D eigenvalue weighted by molar-refractivity contribution is 0.236. The third-order valence-corrected chi connectivity index (χ3v) is 4.83. The second-order valence-electron chi connectivity index (χ2n) is 5.58. The predicted molar refractivity (Wildman–Crippen MR) is 82.8 cm³/mol. The average Bonchev–Trinajstić information content (AvgIpc) is 3.09. The summed E-state index contributed by atoms with van der Waals surface area (Å²) in [5.41, 5.74) is 4.47. The number of likely N-dealkylation sites (tertiary alicyclic amines) is 1. The second-order valence-corrected chi connectivity index (χ2v) is 6.55. The number of hydrogen-bond acceptors (Lipinski definition) is 4. The van der Waals surface area contributed by atoms with Gasteiger partial charge in [0, 0.05) is 35.6 Å². The lowest BCUT2D eigenvalue weighted by atomic mass is 10.0. The quantitative estimate of drug-likeness (QED) is 0.843. The van der Waals surface area contributed by atoms with Gasteiger partial charge >= 0.3 is 0 Å². The molecule has 20 heavy (non-hydrogen) atoms. The van der Waals surface area contributed by atoms with E-state index in [2.05, 4.69) is 33.9 Å². The molecule has 3 rings (SSSR count). The Hall–Kier alpha value is -1.26. The summed E-state index contributed by atoms with van der Waals surface area (Å²) in [4.78, 5) is 12.5. The van der Waals surface area contributed by atoms with Gasteiger partial charge in [0.15, 0.2) is 0 Å². The molecule has 0 bridgehead atoms. The highest BCUT2D eigenvalue weighted by Gasteiger charge is 2.24. The number of pyridine rings is 1. The molecule has 1 aliphatic heterocycles. The van der Waals surface area contributed by atoms with Crippen LogP contribution in [0.15, 0.2) is 30.0 Å². The molecule has 1 saturated heterocycles. The number of nitrogens with zero attached hydrogens (tertiary/aromatic N) is 3. The van der Waals surface area contributed by atoms with Gasteiger partial charge in [0.1, 0.15) is 0 Å². The summed E-state index contributed by atoms with van der Waals surface area (Å²) < 4.78 is 0. The monoisotopic (exact) mass is 287 g/mol. The Morgan fingerprint density at radius 1 is 1.45 bits per heavy atom. The fourth-order valence-electron chi connectivity index (χ4n) is 3.04.